The molecule has 4 aromatic rings. The number of aromatic nitrogens is 3. The van der Waals surface area contributed by atoms with Crippen molar-refractivity contribution in [2.45, 2.75) is 18.4 Å². The number of likely N-dealkylation sites (tertiary alicyclic amines) is 1. The van der Waals surface area contributed by atoms with Gasteiger partial charge in [0.1, 0.15) is 5.54 Å². The smallest absolute Gasteiger partial charge is 0.274 e. The van der Waals surface area contributed by atoms with Crippen molar-refractivity contribution in [3.8, 4) is 16.9 Å². The van der Waals surface area contributed by atoms with Crippen LogP contribution in [-0.4, -0.2) is 56.8 Å². The third-order valence-electron chi connectivity index (χ3n) is 7.53. The summed E-state index contributed by atoms with van der Waals surface area (Å²) in [5.41, 5.74) is -0.128. The lowest BCUT2D eigenvalue weighted by Gasteiger charge is -2.43. The molecular formula is C28H21F5N6O2. The Bertz CT molecular complexity index is 1650. The Morgan fingerprint density at radius 2 is 1.59 bits per heavy atom. The van der Waals surface area contributed by atoms with E-state index in [4.69, 9.17) is 0 Å². The van der Waals surface area contributed by atoms with Crippen LogP contribution in [0, 0.1) is 29.1 Å². The van der Waals surface area contributed by atoms with Gasteiger partial charge in [-0.3, -0.25) is 14.6 Å². The van der Waals surface area contributed by atoms with Gasteiger partial charge in [-0.25, -0.2) is 26.6 Å². The third kappa shape index (κ3) is 4.46. The first-order valence-corrected chi connectivity index (χ1v) is 12.6. The molecule has 1 spiro atoms. The number of piperidine rings is 1. The molecule has 0 aliphatic carbocycles. The Morgan fingerprint density at radius 3 is 2.24 bits per heavy atom. The van der Waals surface area contributed by atoms with Crippen molar-refractivity contribution in [3.63, 3.8) is 0 Å². The van der Waals surface area contributed by atoms with Gasteiger partial charge in [-0.2, -0.15) is 5.10 Å². The highest BCUT2D eigenvalue weighted by Gasteiger charge is 2.51. The molecule has 8 nitrogen and oxygen atoms in total. The van der Waals surface area contributed by atoms with Crippen LogP contribution in [0.4, 0.5) is 27.6 Å². The summed E-state index contributed by atoms with van der Waals surface area (Å²) in [4.78, 5) is 33.7. The Hall–Kier alpha value is -4.81. The van der Waals surface area contributed by atoms with E-state index in [2.05, 4.69) is 15.4 Å². The summed E-state index contributed by atoms with van der Waals surface area (Å²) in [5.74, 6) is -7.27. The zero-order chi connectivity index (χ0) is 28.9. The molecule has 0 atom stereocenters. The number of carbonyl (C=O) groups excluding carboxylic acids is 2. The molecule has 13 heteroatoms. The van der Waals surface area contributed by atoms with Gasteiger partial charge < -0.3 is 15.1 Å². The van der Waals surface area contributed by atoms with E-state index in [0.717, 1.165) is 28.9 Å². The number of benzene rings is 2. The lowest BCUT2D eigenvalue weighted by atomic mass is 9.85. The number of halogens is 5. The molecule has 2 aromatic carbocycles. The van der Waals surface area contributed by atoms with E-state index in [0.29, 0.717) is 16.9 Å². The van der Waals surface area contributed by atoms with Gasteiger partial charge in [0.2, 0.25) is 5.91 Å². The molecule has 41 heavy (non-hydrogen) atoms. The van der Waals surface area contributed by atoms with Crippen molar-refractivity contribution in [2.24, 2.45) is 0 Å². The maximum absolute atomic E-state index is 14.1. The van der Waals surface area contributed by atoms with Crippen LogP contribution in [0.3, 0.4) is 0 Å². The number of amides is 2. The van der Waals surface area contributed by atoms with Gasteiger partial charge in [-0.1, -0.05) is 0 Å². The first-order valence-electron chi connectivity index (χ1n) is 12.6. The summed E-state index contributed by atoms with van der Waals surface area (Å²) in [7, 11) is 0. The summed E-state index contributed by atoms with van der Waals surface area (Å²) < 4.78 is 70.4. The van der Waals surface area contributed by atoms with E-state index in [-0.39, 0.29) is 49.9 Å². The number of rotatable bonds is 4. The summed E-state index contributed by atoms with van der Waals surface area (Å²) in [5, 5.41) is 7.06. The van der Waals surface area contributed by atoms with Crippen molar-refractivity contribution in [1.82, 2.24) is 25.0 Å². The lowest BCUT2D eigenvalue weighted by molar-refractivity contribution is -0.124. The van der Waals surface area contributed by atoms with E-state index < -0.39 is 40.5 Å². The molecule has 0 saturated carbocycles. The molecule has 6 rings (SSSR count). The van der Waals surface area contributed by atoms with Crippen LogP contribution in [-0.2, 0) is 4.79 Å². The van der Waals surface area contributed by atoms with Crippen molar-refractivity contribution in [3.05, 3.63) is 95.7 Å². The topological polar surface area (TPSA) is 83.4 Å². The summed E-state index contributed by atoms with van der Waals surface area (Å²) >= 11 is 0. The zero-order valence-electron chi connectivity index (χ0n) is 21.3. The summed E-state index contributed by atoms with van der Waals surface area (Å²) in [6, 6.07) is 9.71. The molecule has 210 valence electrons. The maximum Gasteiger partial charge on any atom is 0.274 e. The molecule has 2 amide bonds. The van der Waals surface area contributed by atoms with E-state index in [1.807, 2.05) is 0 Å². The standard InChI is InChI=1S/C28H21F5N6O2/c29-19-4-3-17(10-20(19)30)38-15-35-27(41)28(38)5-8-37(9-6-28)26(40)23-13-24(16-2-1-7-34-14-16)39(36-23)18-11-21(31)25(33)22(32)12-18/h1-4,7,10-14H,5-6,8-9,15H2,(H,35,41). The molecular weight excluding hydrogens is 547 g/mol. The molecule has 2 aliphatic rings. The van der Waals surface area contributed by atoms with Gasteiger partial charge in [0, 0.05) is 54.9 Å². The first-order chi connectivity index (χ1) is 19.7. The molecule has 0 bridgehead atoms. The van der Waals surface area contributed by atoms with E-state index >= 15 is 0 Å². The predicted molar refractivity (Wildman–Crippen MR) is 136 cm³/mol. The average molecular weight is 569 g/mol. The van der Waals surface area contributed by atoms with Gasteiger partial charge in [0.15, 0.2) is 34.8 Å². The number of nitrogens with one attached hydrogen (secondary N) is 1. The van der Waals surface area contributed by atoms with Crippen molar-refractivity contribution >= 4 is 17.5 Å². The number of anilines is 1. The second kappa shape index (κ2) is 9.98. The summed E-state index contributed by atoms with van der Waals surface area (Å²) in [6.07, 6.45) is 3.41. The number of carbonyl (C=O) groups is 2. The maximum atomic E-state index is 14.1. The van der Waals surface area contributed by atoms with Crippen LogP contribution in [0.15, 0.2) is 60.9 Å². The fourth-order valence-corrected chi connectivity index (χ4v) is 5.39. The second-order valence-corrected chi connectivity index (χ2v) is 9.81. The van der Waals surface area contributed by atoms with Crippen molar-refractivity contribution < 1.29 is 31.5 Å². The van der Waals surface area contributed by atoms with Crippen LogP contribution in [0.2, 0.25) is 0 Å². The van der Waals surface area contributed by atoms with Gasteiger partial charge >= 0.3 is 0 Å². The minimum absolute atomic E-state index is 0.0433. The quantitative estimate of drug-likeness (QED) is 0.295. The highest BCUT2D eigenvalue weighted by molar-refractivity contribution is 5.96. The van der Waals surface area contributed by atoms with E-state index in [9.17, 15) is 31.5 Å². The van der Waals surface area contributed by atoms with Crippen molar-refractivity contribution in [1.29, 1.82) is 0 Å². The molecule has 2 saturated heterocycles. The minimum atomic E-state index is -1.63. The Labute approximate surface area is 230 Å². The lowest BCUT2D eigenvalue weighted by Crippen LogP contribution is -2.57. The fourth-order valence-electron chi connectivity index (χ4n) is 5.39. The molecule has 2 fully saturated rings. The van der Waals surface area contributed by atoms with Crippen LogP contribution in [0.5, 0.6) is 0 Å². The minimum Gasteiger partial charge on any atom is -0.339 e. The molecule has 0 unspecified atom stereocenters. The van der Waals surface area contributed by atoms with E-state index in [1.165, 1.54) is 29.4 Å². The highest BCUT2D eigenvalue weighted by atomic mass is 19.2. The third-order valence-corrected chi connectivity index (χ3v) is 7.53. The Morgan fingerprint density at radius 1 is 0.878 bits per heavy atom. The SMILES string of the molecule is O=C(c1cc(-c2cccnc2)n(-c2cc(F)c(F)c(F)c2)n1)N1CCC2(CC1)C(=O)NCN2c1ccc(F)c(F)c1. The first kappa shape index (κ1) is 26.4. The number of pyridine rings is 1. The monoisotopic (exact) mass is 568 g/mol. The average Bonchev–Trinajstić information content (AvgIpc) is 3.56. The molecule has 4 heterocycles. The summed E-state index contributed by atoms with van der Waals surface area (Å²) in [6.45, 7) is 0.379. The number of nitrogens with zero attached hydrogens (tertiary/aromatic N) is 5. The highest BCUT2D eigenvalue weighted by Crippen LogP contribution is 2.37. The van der Waals surface area contributed by atoms with Crippen LogP contribution in [0.25, 0.3) is 16.9 Å². The normalized spacial score (nSPS) is 16.4. The van der Waals surface area contributed by atoms with Gasteiger partial charge in [0.05, 0.1) is 18.1 Å². The molecule has 2 aliphatic heterocycles. The Kier molecular flexibility index (Phi) is 6.43. The fraction of sp³-hybridized carbons (Fsp3) is 0.214. The zero-order valence-corrected chi connectivity index (χ0v) is 21.3. The van der Waals surface area contributed by atoms with Crippen LogP contribution in [0.1, 0.15) is 23.3 Å². The Balaban J connectivity index is 1.29. The molecule has 2 aromatic heterocycles. The van der Waals surface area contributed by atoms with Crippen molar-refractivity contribution in [2.75, 3.05) is 24.7 Å². The predicted octanol–water partition coefficient (Wildman–Crippen LogP) is 4.20. The number of hydrogen-bond acceptors (Lipinski definition) is 5. The molecule has 0 radical (unpaired) electrons. The number of hydrogen-bond donors (Lipinski definition) is 1. The van der Waals surface area contributed by atoms with Crippen LogP contribution < -0.4 is 10.2 Å². The van der Waals surface area contributed by atoms with Gasteiger partial charge in [0.25, 0.3) is 5.91 Å². The second-order valence-electron chi connectivity index (χ2n) is 9.81. The van der Waals surface area contributed by atoms with Gasteiger partial charge in [-0.05, 0) is 43.2 Å². The molecule has 1 N–H and O–H groups in total. The largest absolute Gasteiger partial charge is 0.339 e. The van der Waals surface area contributed by atoms with Gasteiger partial charge in [-0.15, -0.1) is 0 Å². The van der Waals surface area contributed by atoms with Crippen LogP contribution >= 0.6 is 0 Å². The van der Waals surface area contributed by atoms with E-state index in [1.54, 1.807) is 17.0 Å².